The van der Waals surface area contributed by atoms with Gasteiger partial charge in [-0.1, -0.05) is 17.7 Å². The van der Waals surface area contributed by atoms with Gasteiger partial charge in [0, 0.05) is 12.8 Å². The van der Waals surface area contributed by atoms with Crippen LogP contribution in [0.1, 0.15) is 12.0 Å². The monoisotopic (exact) mass is 212 g/mol. The molecule has 1 amide bonds. The van der Waals surface area contributed by atoms with Crippen molar-refractivity contribution in [1.82, 2.24) is 0 Å². The van der Waals surface area contributed by atoms with E-state index in [9.17, 15) is 4.79 Å². The van der Waals surface area contributed by atoms with E-state index in [2.05, 4.69) is 0 Å². The van der Waals surface area contributed by atoms with Crippen LogP contribution in [0.3, 0.4) is 0 Å². The normalized spacial score (nSPS) is 9.86. The van der Waals surface area contributed by atoms with Gasteiger partial charge in [0.2, 0.25) is 5.91 Å². The largest absolute Gasteiger partial charge is 0.495 e. The molecule has 1 aromatic carbocycles. The van der Waals surface area contributed by atoms with Gasteiger partial charge in [-0.2, -0.15) is 0 Å². The van der Waals surface area contributed by atoms with Crippen LogP contribution in [-0.4, -0.2) is 13.0 Å². The molecular formula is C10H11ClNO2. The Balaban J connectivity index is 2.71. The number of nitrogens with two attached hydrogens (primary N) is 1. The molecule has 0 saturated carbocycles. The van der Waals surface area contributed by atoms with Gasteiger partial charge >= 0.3 is 0 Å². The fourth-order valence-electron chi connectivity index (χ4n) is 1.03. The van der Waals surface area contributed by atoms with Crippen molar-refractivity contribution in [3.05, 3.63) is 35.2 Å². The van der Waals surface area contributed by atoms with Crippen molar-refractivity contribution in [1.29, 1.82) is 0 Å². The van der Waals surface area contributed by atoms with Crippen molar-refractivity contribution in [2.45, 2.75) is 6.42 Å². The van der Waals surface area contributed by atoms with E-state index in [-0.39, 0.29) is 12.3 Å². The van der Waals surface area contributed by atoms with Gasteiger partial charge in [0.1, 0.15) is 5.75 Å². The molecule has 1 aromatic rings. The maximum Gasteiger partial charge on any atom is 0.218 e. The Bertz CT molecular complexity index is 339. The summed E-state index contributed by atoms with van der Waals surface area (Å²) < 4.78 is 4.99. The summed E-state index contributed by atoms with van der Waals surface area (Å²) in [5, 5.41) is 0.519. The second-order valence-corrected chi connectivity index (χ2v) is 3.18. The van der Waals surface area contributed by atoms with Gasteiger partial charge in [-0.05, 0) is 17.7 Å². The zero-order valence-electron chi connectivity index (χ0n) is 7.79. The molecule has 0 aliphatic rings. The minimum atomic E-state index is -0.364. The lowest BCUT2D eigenvalue weighted by atomic mass is 10.1. The van der Waals surface area contributed by atoms with E-state index in [4.69, 9.17) is 22.1 Å². The minimum absolute atomic E-state index is 0.211. The van der Waals surface area contributed by atoms with Crippen molar-refractivity contribution in [3.8, 4) is 5.75 Å². The molecule has 0 atom stereocenters. The third-order valence-electron chi connectivity index (χ3n) is 1.71. The summed E-state index contributed by atoms with van der Waals surface area (Å²) in [5.41, 5.74) is 5.86. The molecule has 1 radical (unpaired) electrons. The first kappa shape index (κ1) is 10.9. The van der Waals surface area contributed by atoms with Gasteiger partial charge in [-0.3, -0.25) is 4.79 Å². The second kappa shape index (κ2) is 4.86. The first-order valence-electron chi connectivity index (χ1n) is 4.08. The van der Waals surface area contributed by atoms with Crippen molar-refractivity contribution in [2.24, 2.45) is 5.73 Å². The Labute approximate surface area is 87.8 Å². The SMILES string of the molecule is COc1ccc([CH]CC(N)=O)cc1Cl. The zero-order chi connectivity index (χ0) is 10.6. The lowest BCUT2D eigenvalue weighted by Crippen LogP contribution is -2.10. The maximum atomic E-state index is 10.5. The average molecular weight is 213 g/mol. The van der Waals surface area contributed by atoms with Crippen LogP contribution in [0.25, 0.3) is 0 Å². The molecule has 0 aliphatic carbocycles. The number of methoxy groups -OCH3 is 1. The minimum Gasteiger partial charge on any atom is -0.495 e. The summed E-state index contributed by atoms with van der Waals surface area (Å²) in [5.74, 6) is 0.250. The molecule has 0 fully saturated rings. The van der Waals surface area contributed by atoms with E-state index in [0.29, 0.717) is 10.8 Å². The number of carbonyl (C=O) groups is 1. The van der Waals surface area contributed by atoms with Gasteiger partial charge < -0.3 is 10.5 Å². The predicted octanol–water partition coefficient (Wildman–Crippen LogP) is 1.78. The number of carbonyl (C=O) groups excluding carboxylic acids is 1. The molecular weight excluding hydrogens is 202 g/mol. The summed E-state index contributed by atoms with van der Waals surface area (Å²) in [7, 11) is 1.55. The fraction of sp³-hybridized carbons (Fsp3) is 0.200. The number of hydrogen-bond acceptors (Lipinski definition) is 2. The van der Waals surface area contributed by atoms with Crippen molar-refractivity contribution in [2.75, 3.05) is 7.11 Å². The Morgan fingerprint density at radius 3 is 2.86 bits per heavy atom. The summed E-state index contributed by atoms with van der Waals surface area (Å²) in [6, 6.07) is 5.28. The number of hydrogen-bond donors (Lipinski definition) is 1. The van der Waals surface area contributed by atoms with E-state index in [1.165, 1.54) is 0 Å². The summed E-state index contributed by atoms with van der Waals surface area (Å²) >= 11 is 5.88. The third kappa shape index (κ3) is 2.92. The van der Waals surface area contributed by atoms with Crippen LogP contribution in [0.5, 0.6) is 5.75 Å². The molecule has 0 bridgehead atoms. The maximum absolute atomic E-state index is 10.5. The molecule has 0 aliphatic heterocycles. The number of benzene rings is 1. The van der Waals surface area contributed by atoms with Crippen molar-refractivity contribution in [3.63, 3.8) is 0 Å². The van der Waals surface area contributed by atoms with Crippen LogP contribution in [0, 0.1) is 6.42 Å². The zero-order valence-corrected chi connectivity index (χ0v) is 8.54. The van der Waals surface area contributed by atoms with E-state index in [1.54, 1.807) is 25.7 Å². The van der Waals surface area contributed by atoms with Gasteiger partial charge in [-0.15, -0.1) is 0 Å². The number of ether oxygens (including phenoxy) is 1. The topological polar surface area (TPSA) is 52.3 Å². The first-order valence-corrected chi connectivity index (χ1v) is 4.46. The van der Waals surface area contributed by atoms with E-state index in [0.717, 1.165) is 5.56 Å². The van der Waals surface area contributed by atoms with E-state index in [1.807, 2.05) is 6.07 Å². The summed E-state index contributed by atoms with van der Waals surface area (Å²) in [6.45, 7) is 0. The van der Waals surface area contributed by atoms with Crippen LogP contribution < -0.4 is 10.5 Å². The van der Waals surface area contributed by atoms with Gasteiger partial charge in [0.05, 0.1) is 12.1 Å². The van der Waals surface area contributed by atoms with Crippen LogP contribution in [-0.2, 0) is 4.79 Å². The van der Waals surface area contributed by atoms with Crippen molar-refractivity contribution >= 4 is 17.5 Å². The standard InChI is InChI=1S/C10H11ClNO2/c1-14-9-4-2-7(6-8(9)11)3-5-10(12)13/h2-4,6H,5H2,1H3,(H2,12,13). The predicted molar refractivity (Wildman–Crippen MR) is 55.2 cm³/mol. The Morgan fingerprint density at radius 2 is 2.36 bits per heavy atom. The Hall–Kier alpha value is -1.22. The fourth-order valence-corrected chi connectivity index (χ4v) is 1.29. The van der Waals surface area contributed by atoms with Crippen LogP contribution in [0.2, 0.25) is 5.02 Å². The van der Waals surface area contributed by atoms with Gasteiger partial charge in [-0.25, -0.2) is 0 Å². The van der Waals surface area contributed by atoms with Crippen LogP contribution in [0.15, 0.2) is 18.2 Å². The Morgan fingerprint density at radius 1 is 1.64 bits per heavy atom. The highest BCUT2D eigenvalue weighted by molar-refractivity contribution is 6.32. The number of rotatable bonds is 4. The highest BCUT2D eigenvalue weighted by Gasteiger charge is 2.03. The highest BCUT2D eigenvalue weighted by atomic mass is 35.5. The van der Waals surface area contributed by atoms with Crippen molar-refractivity contribution < 1.29 is 9.53 Å². The quantitative estimate of drug-likeness (QED) is 0.827. The molecule has 1 rings (SSSR count). The summed E-state index contributed by atoms with van der Waals surface area (Å²) in [6.07, 6.45) is 1.93. The smallest absolute Gasteiger partial charge is 0.218 e. The van der Waals surface area contributed by atoms with E-state index >= 15 is 0 Å². The molecule has 0 heterocycles. The molecule has 0 saturated heterocycles. The second-order valence-electron chi connectivity index (χ2n) is 2.77. The van der Waals surface area contributed by atoms with Crippen LogP contribution in [0.4, 0.5) is 0 Å². The molecule has 0 unspecified atom stereocenters. The lowest BCUT2D eigenvalue weighted by molar-refractivity contribution is -0.117. The Kier molecular flexibility index (Phi) is 3.77. The molecule has 75 valence electrons. The lowest BCUT2D eigenvalue weighted by Gasteiger charge is -2.04. The van der Waals surface area contributed by atoms with Crippen LogP contribution >= 0.6 is 11.6 Å². The molecule has 3 nitrogen and oxygen atoms in total. The van der Waals surface area contributed by atoms with E-state index < -0.39 is 0 Å². The molecule has 0 spiro atoms. The van der Waals surface area contributed by atoms with Gasteiger partial charge in [0.15, 0.2) is 0 Å². The molecule has 0 aromatic heterocycles. The summed E-state index contributed by atoms with van der Waals surface area (Å²) in [4.78, 5) is 10.5. The number of halogens is 1. The molecule has 4 heteroatoms. The number of primary amides is 1. The molecule has 14 heavy (non-hydrogen) atoms. The number of amides is 1. The third-order valence-corrected chi connectivity index (χ3v) is 2.01. The first-order chi connectivity index (χ1) is 6.63. The van der Waals surface area contributed by atoms with Gasteiger partial charge in [0.25, 0.3) is 0 Å². The average Bonchev–Trinajstić information content (AvgIpc) is 2.15. The molecule has 2 N–H and O–H groups in total. The highest BCUT2D eigenvalue weighted by Crippen LogP contribution is 2.25.